The molecule has 2 heteroatoms. The summed E-state index contributed by atoms with van der Waals surface area (Å²) in [4.78, 5) is 24.2. The van der Waals surface area contributed by atoms with Gasteiger partial charge in [0.1, 0.15) is 0 Å². The van der Waals surface area contributed by atoms with E-state index >= 15 is 0 Å². The van der Waals surface area contributed by atoms with Gasteiger partial charge in [-0.3, -0.25) is 9.59 Å². The predicted molar refractivity (Wildman–Crippen MR) is 87.7 cm³/mol. The van der Waals surface area contributed by atoms with E-state index in [2.05, 4.69) is 24.3 Å². The zero-order valence-corrected chi connectivity index (χ0v) is 12.9. The van der Waals surface area contributed by atoms with Crippen molar-refractivity contribution >= 4 is 11.6 Å². The molecule has 0 heterocycles. The Bertz CT molecular complexity index is 575. The Balaban J connectivity index is 1.75. The summed E-state index contributed by atoms with van der Waals surface area (Å²) in [6.07, 6.45) is 10.7. The van der Waals surface area contributed by atoms with Gasteiger partial charge in [-0.2, -0.15) is 0 Å². The lowest BCUT2D eigenvalue weighted by Crippen LogP contribution is -2.13. The van der Waals surface area contributed by atoms with Crippen molar-refractivity contribution in [3.8, 4) is 0 Å². The Kier molecular flexibility index (Phi) is 4.67. The Labute approximate surface area is 131 Å². The molecule has 1 aromatic rings. The Hall–Kier alpha value is -1.96. The molecule has 1 aromatic carbocycles. The monoisotopic (exact) mass is 294 g/mol. The summed E-state index contributed by atoms with van der Waals surface area (Å²) < 4.78 is 0. The average Bonchev–Trinajstić information content (AvgIpc) is 2.52. The summed E-state index contributed by atoms with van der Waals surface area (Å²) in [6, 6.07) is 8.90. The molecule has 0 unspecified atom stereocenters. The van der Waals surface area contributed by atoms with Gasteiger partial charge in [-0.1, -0.05) is 24.3 Å². The Morgan fingerprint density at radius 3 is 1.32 bits per heavy atom. The molecule has 0 saturated heterocycles. The second-order valence-corrected chi connectivity index (χ2v) is 6.30. The lowest BCUT2D eigenvalue weighted by atomic mass is 9.90. The zero-order chi connectivity index (χ0) is 15.4. The first-order chi connectivity index (χ1) is 10.7. The highest BCUT2D eigenvalue weighted by molar-refractivity contribution is 6.19. The average molecular weight is 294 g/mol. The maximum Gasteiger partial charge on any atom is 0.182 e. The number of carbonyl (C=O) groups is 2. The van der Waals surface area contributed by atoms with Crippen molar-refractivity contribution in [2.24, 2.45) is 0 Å². The van der Waals surface area contributed by atoms with Gasteiger partial charge in [0.25, 0.3) is 0 Å². The molecular weight excluding hydrogens is 272 g/mol. The number of carbonyl (C=O) groups excluding carboxylic acids is 2. The van der Waals surface area contributed by atoms with E-state index in [0.717, 1.165) is 38.5 Å². The van der Waals surface area contributed by atoms with Crippen LogP contribution in [0.3, 0.4) is 0 Å². The second-order valence-electron chi connectivity index (χ2n) is 6.30. The van der Waals surface area contributed by atoms with Crippen molar-refractivity contribution in [3.05, 3.63) is 58.7 Å². The summed E-state index contributed by atoms with van der Waals surface area (Å²) in [5, 5.41) is 0. The molecular formula is C20H22O2. The minimum Gasteiger partial charge on any atom is -0.290 e. The molecule has 0 spiro atoms. The quantitative estimate of drug-likeness (QED) is 0.674. The fourth-order valence-electron chi connectivity index (χ4n) is 3.20. The predicted octanol–water partition coefficient (Wildman–Crippen LogP) is 4.13. The van der Waals surface area contributed by atoms with Crippen LogP contribution in [0.2, 0.25) is 0 Å². The van der Waals surface area contributed by atoms with E-state index in [1.165, 1.54) is 11.1 Å². The van der Waals surface area contributed by atoms with Crippen molar-refractivity contribution in [1.29, 1.82) is 0 Å². The van der Waals surface area contributed by atoms with E-state index in [1.807, 2.05) is 0 Å². The molecule has 6 rings (SSSR count). The maximum atomic E-state index is 12.1. The molecule has 0 atom stereocenters. The van der Waals surface area contributed by atoms with Crippen LogP contribution in [0.15, 0.2) is 47.6 Å². The smallest absolute Gasteiger partial charge is 0.182 e. The number of hydrogen-bond acceptors (Lipinski definition) is 2. The van der Waals surface area contributed by atoms with E-state index in [0.29, 0.717) is 24.0 Å². The largest absolute Gasteiger partial charge is 0.290 e. The fourth-order valence-corrected chi connectivity index (χ4v) is 3.20. The molecule has 5 aliphatic rings. The van der Waals surface area contributed by atoms with E-state index in [9.17, 15) is 9.59 Å². The van der Waals surface area contributed by atoms with Gasteiger partial charge in [0.15, 0.2) is 11.6 Å². The summed E-state index contributed by atoms with van der Waals surface area (Å²) in [5.74, 6) is 0.0927. The SMILES string of the molecule is O=C1C=C2CCCCc3ccc(cc3)CCCCC1=CC2=O. The third kappa shape index (κ3) is 3.62. The lowest BCUT2D eigenvalue weighted by Gasteiger charge is -2.13. The third-order valence-electron chi connectivity index (χ3n) is 4.59. The highest BCUT2D eigenvalue weighted by Crippen LogP contribution is 2.22. The first-order valence-electron chi connectivity index (χ1n) is 8.30. The molecule has 0 aliphatic heterocycles. The standard InChI is InChI=1S/C20H22O2/c21-19-14-18-8-4-2-6-16-11-9-15(10-12-16)5-1-3-7-17(19)13-20(18)22/h9-14H,1-8H2. The molecule has 0 radical (unpaired) electrons. The van der Waals surface area contributed by atoms with Crippen molar-refractivity contribution in [1.82, 2.24) is 0 Å². The normalized spacial score (nSPS) is 20.0. The van der Waals surface area contributed by atoms with Crippen LogP contribution in [-0.2, 0) is 22.4 Å². The van der Waals surface area contributed by atoms with E-state index in [4.69, 9.17) is 0 Å². The van der Waals surface area contributed by atoms with Crippen LogP contribution in [0, 0.1) is 0 Å². The lowest BCUT2D eigenvalue weighted by molar-refractivity contribution is -0.115. The van der Waals surface area contributed by atoms with Crippen LogP contribution >= 0.6 is 0 Å². The van der Waals surface area contributed by atoms with E-state index in [-0.39, 0.29) is 11.6 Å². The van der Waals surface area contributed by atoms with Crippen LogP contribution in [0.4, 0.5) is 0 Å². The van der Waals surface area contributed by atoms with Crippen LogP contribution in [0.25, 0.3) is 0 Å². The molecule has 2 nitrogen and oxygen atoms in total. The van der Waals surface area contributed by atoms with Gasteiger partial charge in [0, 0.05) is 11.1 Å². The highest BCUT2D eigenvalue weighted by atomic mass is 16.1. The highest BCUT2D eigenvalue weighted by Gasteiger charge is 2.19. The number of benzene rings is 1. The maximum absolute atomic E-state index is 12.1. The van der Waals surface area contributed by atoms with Crippen LogP contribution in [-0.4, -0.2) is 11.6 Å². The summed E-state index contributed by atoms with van der Waals surface area (Å²) in [5.41, 5.74) is 4.10. The van der Waals surface area contributed by atoms with Gasteiger partial charge in [-0.05, 0) is 74.6 Å². The van der Waals surface area contributed by atoms with Gasteiger partial charge >= 0.3 is 0 Å². The van der Waals surface area contributed by atoms with Crippen molar-refractivity contribution in [2.45, 2.75) is 51.4 Å². The molecule has 114 valence electrons. The van der Waals surface area contributed by atoms with Crippen LogP contribution in [0.1, 0.15) is 49.7 Å². The summed E-state index contributed by atoms with van der Waals surface area (Å²) in [6.45, 7) is 0. The van der Waals surface area contributed by atoms with Gasteiger partial charge in [0.2, 0.25) is 0 Å². The topological polar surface area (TPSA) is 34.1 Å². The molecule has 0 aromatic heterocycles. The minimum atomic E-state index is 0.0463. The third-order valence-corrected chi connectivity index (χ3v) is 4.59. The molecule has 22 heavy (non-hydrogen) atoms. The van der Waals surface area contributed by atoms with Gasteiger partial charge in [0.05, 0.1) is 0 Å². The van der Waals surface area contributed by atoms with Gasteiger partial charge in [-0.15, -0.1) is 0 Å². The van der Waals surface area contributed by atoms with Gasteiger partial charge < -0.3 is 0 Å². The summed E-state index contributed by atoms with van der Waals surface area (Å²) in [7, 11) is 0. The number of ketones is 2. The molecule has 0 amide bonds. The number of aryl methyl sites for hydroxylation is 2. The van der Waals surface area contributed by atoms with Crippen molar-refractivity contribution < 1.29 is 9.59 Å². The number of allylic oxidation sites excluding steroid dienone is 4. The van der Waals surface area contributed by atoms with E-state index in [1.54, 1.807) is 12.2 Å². The second kappa shape index (κ2) is 6.87. The van der Waals surface area contributed by atoms with E-state index < -0.39 is 0 Å². The fraction of sp³-hybridized carbons (Fsp3) is 0.400. The first kappa shape index (κ1) is 15.0. The summed E-state index contributed by atoms with van der Waals surface area (Å²) >= 11 is 0. The number of rotatable bonds is 0. The minimum absolute atomic E-state index is 0.0463. The van der Waals surface area contributed by atoms with Crippen LogP contribution < -0.4 is 0 Å². The zero-order valence-electron chi connectivity index (χ0n) is 12.9. The Morgan fingerprint density at radius 1 is 0.545 bits per heavy atom. The molecule has 0 saturated carbocycles. The molecule has 4 bridgehead atoms. The molecule has 0 fully saturated rings. The number of hydrogen-bond donors (Lipinski definition) is 0. The van der Waals surface area contributed by atoms with Crippen molar-refractivity contribution in [3.63, 3.8) is 0 Å². The Morgan fingerprint density at radius 2 is 0.909 bits per heavy atom. The molecule has 0 N–H and O–H groups in total. The first-order valence-corrected chi connectivity index (χ1v) is 8.30. The van der Waals surface area contributed by atoms with Crippen molar-refractivity contribution in [2.75, 3.05) is 0 Å². The van der Waals surface area contributed by atoms with Crippen LogP contribution in [0.5, 0.6) is 0 Å². The molecule has 5 aliphatic carbocycles. The van der Waals surface area contributed by atoms with Gasteiger partial charge in [-0.25, -0.2) is 0 Å².